The van der Waals surface area contributed by atoms with Crippen molar-refractivity contribution in [3.63, 3.8) is 0 Å². The number of ether oxygens (including phenoxy) is 2. The number of carbonyl (C=O) groups excluding carboxylic acids is 1. The summed E-state index contributed by atoms with van der Waals surface area (Å²) in [6.45, 7) is 1.41. The van der Waals surface area contributed by atoms with Crippen LogP contribution in [-0.4, -0.2) is 13.2 Å². The summed E-state index contributed by atoms with van der Waals surface area (Å²) < 4.78 is 10.1. The van der Waals surface area contributed by atoms with E-state index in [1.807, 2.05) is 36.4 Å². The first-order valence-electron chi connectivity index (χ1n) is 6.90. The van der Waals surface area contributed by atoms with Crippen LogP contribution in [0.4, 0.5) is 10.5 Å². The summed E-state index contributed by atoms with van der Waals surface area (Å²) in [6, 6.07) is 13.4. The molecule has 3 N–H and O–H groups in total. The lowest BCUT2D eigenvalue weighted by Gasteiger charge is -2.19. The van der Waals surface area contributed by atoms with E-state index in [-0.39, 0.29) is 0 Å². The molecule has 0 spiro atoms. The number of hydrogen-bond acceptors (Lipinski definition) is 5. The van der Waals surface area contributed by atoms with Crippen LogP contribution in [0.5, 0.6) is 11.5 Å². The Hall–Kier alpha value is -2.73. The molecule has 0 aliphatic carbocycles. The van der Waals surface area contributed by atoms with E-state index < -0.39 is 6.09 Å². The number of primary amides is 1. The summed E-state index contributed by atoms with van der Waals surface area (Å²) in [4.78, 5) is 10.8. The summed E-state index contributed by atoms with van der Waals surface area (Å²) in [7, 11) is 1.65. The Balaban J connectivity index is 1.74. The molecule has 3 rings (SSSR count). The number of nitrogens with zero attached hydrogens (tertiary/aromatic N) is 1. The third-order valence-corrected chi connectivity index (χ3v) is 3.52. The molecule has 2 aromatic carbocycles. The number of nitrogens with one attached hydrogen (secondary N) is 1. The Morgan fingerprint density at radius 2 is 1.95 bits per heavy atom. The van der Waals surface area contributed by atoms with Gasteiger partial charge in [-0.15, -0.1) is 0 Å². The molecule has 1 aliphatic heterocycles. The molecule has 6 nitrogen and oxygen atoms in total. The highest BCUT2D eigenvalue weighted by atomic mass is 16.5. The van der Waals surface area contributed by atoms with E-state index in [9.17, 15) is 4.79 Å². The molecule has 114 valence electrons. The fourth-order valence-electron chi connectivity index (χ4n) is 2.47. The van der Waals surface area contributed by atoms with Gasteiger partial charge in [0.1, 0.15) is 11.5 Å². The molecule has 0 radical (unpaired) electrons. The number of hydrazine groups is 1. The second-order valence-corrected chi connectivity index (χ2v) is 4.98. The van der Waals surface area contributed by atoms with E-state index in [1.54, 1.807) is 13.2 Å². The Labute approximate surface area is 128 Å². The van der Waals surface area contributed by atoms with E-state index in [1.165, 1.54) is 5.56 Å². The van der Waals surface area contributed by atoms with Crippen LogP contribution >= 0.6 is 0 Å². The number of fused-ring (bicyclic) bond motifs is 1. The maximum absolute atomic E-state index is 10.8. The lowest BCUT2D eigenvalue weighted by molar-refractivity contribution is 0.211. The van der Waals surface area contributed by atoms with Gasteiger partial charge in [-0.25, -0.2) is 10.2 Å². The fraction of sp³-hybridized carbons (Fsp3) is 0.188. The third-order valence-electron chi connectivity index (χ3n) is 3.52. The molecule has 2 aromatic rings. The van der Waals surface area contributed by atoms with Crippen molar-refractivity contribution in [1.29, 1.82) is 0 Å². The summed E-state index contributed by atoms with van der Waals surface area (Å²) in [6.07, 6.45) is -0.805. The van der Waals surface area contributed by atoms with Gasteiger partial charge in [0.15, 0.2) is 0 Å². The highest BCUT2D eigenvalue weighted by Crippen LogP contribution is 2.30. The number of carbonyl (C=O) groups is 1. The Morgan fingerprint density at radius 3 is 2.64 bits per heavy atom. The standard InChI is InChI=1S/C16H17N3O3/c1-21-13-4-2-11(3-5-13)10-19-15-7-6-14(22-16(17)20)8-12(15)9-18-19/h2-8,18H,9-10H2,1H3,(H2,17,20). The second-order valence-electron chi connectivity index (χ2n) is 4.98. The lowest BCUT2D eigenvalue weighted by Crippen LogP contribution is -2.31. The molecular formula is C16H17N3O3. The molecule has 1 aliphatic rings. The van der Waals surface area contributed by atoms with E-state index in [2.05, 4.69) is 10.4 Å². The van der Waals surface area contributed by atoms with Crippen LogP contribution < -0.4 is 25.6 Å². The van der Waals surface area contributed by atoms with Crippen LogP contribution in [0.25, 0.3) is 0 Å². The minimum atomic E-state index is -0.805. The van der Waals surface area contributed by atoms with E-state index in [4.69, 9.17) is 15.2 Å². The van der Waals surface area contributed by atoms with Gasteiger partial charge in [-0.05, 0) is 41.5 Å². The summed E-state index contributed by atoms with van der Waals surface area (Å²) in [5, 5.41) is 2.06. The highest BCUT2D eigenvalue weighted by Gasteiger charge is 2.19. The molecule has 6 heteroatoms. The average molecular weight is 299 g/mol. The number of benzene rings is 2. The van der Waals surface area contributed by atoms with Crippen molar-refractivity contribution in [3.05, 3.63) is 53.6 Å². The van der Waals surface area contributed by atoms with Gasteiger partial charge in [0.25, 0.3) is 0 Å². The first-order valence-corrected chi connectivity index (χ1v) is 6.90. The zero-order chi connectivity index (χ0) is 15.5. The predicted molar refractivity (Wildman–Crippen MR) is 82.7 cm³/mol. The van der Waals surface area contributed by atoms with Crippen molar-refractivity contribution < 1.29 is 14.3 Å². The first kappa shape index (κ1) is 14.2. The maximum atomic E-state index is 10.8. The number of anilines is 1. The van der Waals surface area contributed by atoms with Crippen LogP contribution in [0, 0.1) is 0 Å². The van der Waals surface area contributed by atoms with Crippen molar-refractivity contribution in [2.75, 3.05) is 12.1 Å². The van der Waals surface area contributed by atoms with E-state index in [0.29, 0.717) is 12.3 Å². The molecule has 0 aromatic heterocycles. The number of methoxy groups -OCH3 is 1. The monoisotopic (exact) mass is 299 g/mol. The van der Waals surface area contributed by atoms with Gasteiger partial charge in [-0.2, -0.15) is 0 Å². The lowest BCUT2D eigenvalue weighted by atomic mass is 10.1. The average Bonchev–Trinajstić information content (AvgIpc) is 2.90. The topological polar surface area (TPSA) is 76.8 Å². The van der Waals surface area contributed by atoms with Gasteiger partial charge < -0.3 is 20.2 Å². The number of amides is 1. The SMILES string of the molecule is COc1ccc(CN2NCc3cc(OC(N)=O)ccc32)cc1. The number of nitrogens with two attached hydrogens (primary N) is 1. The van der Waals surface area contributed by atoms with Crippen LogP contribution in [0.1, 0.15) is 11.1 Å². The molecule has 0 unspecified atom stereocenters. The largest absolute Gasteiger partial charge is 0.497 e. The molecule has 0 atom stereocenters. The van der Waals surface area contributed by atoms with Gasteiger partial charge in [-0.1, -0.05) is 12.1 Å². The predicted octanol–water partition coefficient (Wildman–Crippen LogP) is 2.18. The van der Waals surface area contributed by atoms with Crippen LogP contribution in [0.2, 0.25) is 0 Å². The molecule has 22 heavy (non-hydrogen) atoms. The number of hydrogen-bond donors (Lipinski definition) is 2. The molecular weight excluding hydrogens is 282 g/mol. The highest BCUT2D eigenvalue weighted by molar-refractivity contribution is 5.69. The van der Waals surface area contributed by atoms with Crippen LogP contribution in [0.15, 0.2) is 42.5 Å². The smallest absolute Gasteiger partial charge is 0.409 e. The molecule has 0 saturated carbocycles. The summed E-state index contributed by atoms with van der Waals surface area (Å²) in [5.41, 5.74) is 11.6. The van der Waals surface area contributed by atoms with Crippen LogP contribution in [-0.2, 0) is 13.1 Å². The molecule has 1 amide bonds. The van der Waals surface area contributed by atoms with Crippen molar-refractivity contribution in [2.45, 2.75) is 13.1 Å². The van der Waals surface area contributed by atoms with Crippen molar-refractivity contribution >= 4 is 11.8 Å². The van der Waals surface area contributed by atoms with Crippen molar-refractivity contribution in [3.8, 4) is 11.5 Å². The van der Waals surface area contributed by atoms with E-state index in [0.717, 1.165) is 23.5 Å². The fourth-order valence-corrected chi connectivity index (χ4v) is 2.47. The second kappa shape index (κ2) is 5.95. The molecule has 0 fully saturated rings. The van der Waals surface area contributed by atoms with Crippen molar-refractivity contribution in [2.24, 2.45) is 5.73 Å². The maximum Gasteiger partial charge on any atom is 0.409 e. The van der Waals surface area contributed by atoms with Gasteiger partial charge >= 0.3 is 6.09 Å². The molecule has 0 saturated heterocycles. The third kappa shape index (κ3) is 2.96. The Bertz CT molecular complexity index is 686. The Kier molecular flexibility index (Phi) is 3.84. The van der Waals surface area contributed by atoms with Gasteiger partial charge in [-0.3, -0.25) is 0 Å². The molecule has 1 heterocycles. The normalized spacial score (nSPS) is 12.9. The van der Waals surface area contributed by atoms with Gasteiger partial charge in [0, 0.05) is 6.54 Å². The zero-order valence-corrected chi connectivity index (χ0v) is 12.2. The minimum absolute atomic E-state index is 0.458. The van der Waals surface area contributed by atoms with Crippen molar-refractivity contribution in [1.82, 2.24) is 5.43 Å². The first-order chi connectivity index (χ1) is 10.7. The van der Waals surface area contributed by atoms with Crippen LogP contribution in [0.3, 0.4) is 0 Å². The number of rotatable bonds is 4. The quantitative estimate of drug-likeness (QED) is 0.905. The van der Waals surface area contributed by atoms with Gasteiger partial charge in [0.05, 0.1) is 19.3 Å². The zero-order valence-electron chi connectivity index (χ0n) is 12.2. The minimum Gasteiger partial charge on any atom is -0.497 e. The van der Waals surface area contributed by atoms with Gasteiger partial charge in [0.2, 0.25) is 0 Å². The Morgan fingerprint density at radius 1 is 1.23 bits per heavy atom. The summed E-state index contributed by atoms with van der Waals surface area (Å²) >= 11 is 0. The summed E-state index contributed by atoms with van der Waals surface area (Å²) in [5.74, 6) is 1.30. The van der Waals surface area contributed by atoms with E-state index >= 15 is 0 Å². The molecule has 0 bridgehead atoms.